The lowest BCUT2D eigenvalue weighted by Crippen LogP contribution is -2.50. The van der Waals surface area contributed by atoms with Crippen LogP contribution in [0.1, 0.15) is 210 Å². The Labute approximate surface area is 371 Å². The zero-order chi connectivity index (χ0) is 44.3. The van der Waals surface area contributed by atoms with E-state index in [9.17, 15) is 16.2 Å². The van der Waals surface area contributed by atoms with Gasteiger partial charge in [-0.05, 0) is 143 Å². The topological polar surface area (TPSA) is 62.1 Å². The highest BCUT2D eigenvalue weighted by molar-refractivity contribution is 7.86. The van der Waals surface area contributed by atoms with Crippen LogP contribution < -0.4 is 0 Å². The van der Waals surface area contributed by atoms with Gasteiger partial charge in [-0.15, -0.1) is 3.89 Å². The Kier molecular flexibility index (Phi) is 15.7. The van der Waals surface area contributed by atoms with Gasteiger partial charge in [-0.2, -0.15) is 21.4 Å². The summed E-state index contributed by atoms with van der Waals surface area (Å²) in [6, 6.07) is 13.9. The highest BCUT2D eigenvalue weighted by Crippen LogP contribution is 2.59. The Balaban J connectivity index is 0.000000181. The van der Waals surface area contributed by atoms with E-state index in [2.05, 4.69) is 101 Å². The van der Waals surface area contributed by atoms with Crippen LogP contribution in [0.15, 0.2) is 45.1 Å². The number of fused-ring (bicyclic) bond motifs is 6. The maximum Gasteiger partial charge on any atom is 0.366 e. The Bertz CT molecular complexity index is 2040. The monoisotopic (exact) mass is 888 g/mol. The molecule has 61 heavy (non-hydrogen) atoms. The molecule has 344 valence electrons. The van der Waals surface area contributed by atoms with Crippen molar-refractivity contribution >= 4 is 20.8 Å². The van der Waals surface area contributed by atoms with E-state index in [0.29, 0.717) is 43.3 Å². The van der Waals surface area contributed by atoms with Crippen LogP contribution in [0.2, 0.25) is 0 Å². The molecule has 2 aromatic carbocycles. The molecule has 1 unspecified atom stereocenters. The van der Waals surface area contributed by atoms with E-state index in [1.807, 2.05) is 0 Å². The van der Waals surface area contributed by atoms with E-state index in [1.54, 1.807) is 0 Å². The van der Waals surface area contributed by atoms with Crippen molar-refractivity contribution in [1.82, 2.24) is 4.31 Å². The molecule has 8 rings (SSSR count). The minimum atomic E-state index is -5.02. The van der Waals surface area contributed by atoms with Crippen LogP contribution in [0.3, 0.4) is 0 Å². The van der Waals surface area contributed by atoms with Crippen molar-refractivity contribution in [2.75, 3.05) is 26.2 Å². The number of benzene rings is 2. The molecule has 1 aliphatic heterocycles. The summed E-state index contributed by atoms with van der Waals surface area (Å²) in [5.41, 5.74) is 8.30. The molecule has 1 saturated heterocycles. The molecule has 3 saturated carbocycles. The normalized spacial score (nSPS) is 32.3. The summed E-state index contributed by atoms with van der Waals surface area (Å²) in [6.45, 7) is 19.5. The second kappa shape index (κ2) is 19.7. The summed E-state index contributed by atoms with van der Waals surface area (Å²) < 4.78 is 73.4. The van der Waals surface area contributed by atoms with Crippen molar-refractivity contribution < 1.29 is 20.1 Å². The zero-order valence-electron chi connectivity index (χ0n) is 39.1. The molecule has 6 aliphatic rings. The highest BCUT2D eigenvalue weighted by Gasteiger charge is 2.53. The van der Waals surface area contributed by atoms with Gasteiger partial charge < -0.3 is 0 Å². The molecule has 4 fully saturated rings. The second-order valence-corrected chi connectivity index (χ2v) is 24.4. The first-order valence-electron chi connectivity index (χ1n) is 24.3. The maximum absolute atomic E-state index is 15.1. The van der Waals surface area contributed by atoms with Gasteiger partial charge in [0, 0.05) is 13.1 Å². The smallest absolute Gasteiger partial charge is 0.199 e. The third-order valence-electron chi connectivity index (χ3n) is 16.6. The lowest BCUT2D eigenvalue weighted by atomic mass is 9.50. The first-order valence-corrected chi connectivity index (χ1v) is 27.0. The molecule has 0 aromatic heterocycles. The Morgan fingerprint density at radius 2 is 0.984 bits per heavy atom. The Morgan fingerprint density at radius 1 is 0.590 bits per heavy atom. The zero-order valence-corrected chi connectivity index (χ0v) is 40.8. The third kappa shape index (κ3) is 11.1. The first-order chi connectivity index (χ1) is 28.7. The lowest BCUT2D eigenvalue weighted by Gasteiger charge is -2.55. The lowest BCUT2D eigenvalue weighted by molar-refractivity contribution is 0.0331. The highest BCUT2D eigenvalue weighted by atomic mass is 32.3. The summed E-state index contributed by atoms with van der Waals surface area (Å²) >= 11 is 0. The summed E-state index contributed by atoms with van der Waals surface area (Å²) in [7, 11) is -8.77. The van der Waals surface area contributed by atoms with Gasteiger partial charge in [0.05, 0.1) is 13.1 Å². The maximum atomic E-state index is 15.1. The van der Waals surface area contributed by atoms with Crippen LogP contribution >= 0.6 is 0 Å². The van der Waals surface area contributed by atoms with E-state index < -0.39 is 20.8 Å². The van der Waals surface area contributed by atoms with Crippen LogP contribution in [0.5, 0.6) is 0 Å². The number of aryl methyl sites for hydroxylation is 2. The summed E-state index contributed by atoms with van der Waals surface area (Å²) in [5, 5.41) is 0. The van der Waals surface area contributed by atoms with E-state index in [1.165, 1.54) is 82.6 Å². The minimum Gasteiger partial charge on any atom is -0.199 e. The van der Waals surface area contributed by atoms with E-state index >= 15 is 3.89 Å². The molecule has 2 aromatic rings. The first kappa shape index (κ1) is 48.5. The van der Waals surface area contributed by atoms with Crippen LogP contribution in [0.4, 0.5) is 11.7 Å². The molecule has 0 bridgehead atoms. The van der Waals surface area contributed by atoms with Crippen molar-refractivity contribution in [2.45, 2.75) is 200 Å². The van der Waals surface area contributed by atoms with Gasteiger partial charge in [-0.3, -0.25) is 0 Å². The fraction of sp³-hybridized carbons (Fsp3) is 0.765. The predicted molar refractivity (Wildman–Crippen MR) is 251 cm³/mol. The standard InChI is InChI=1S/C25H39FN2OS.C20H29F2NOS.C6H12/c1-19(2)20-9-11-22-21(17-20)10-12-23-24(3,13-8-14-25(22,23)4)18-27-30(26,29)28-15-6-5-7-16-28;1-14(2)15-6-8-17-16(12-15)7-9-18-19(3,13-23-25(21,22)24)10-5-11-20(17,18)4;1-2-4-6-5-3-1/h9,11,17,19,23H,5-8,10,12-16,18H2,1-4H3;6,8,12,14,18H,5,7,9-11,13H2,1-4H3;1-6H2/t23-,24-,25+,30?;18-,19-,20+;/m00./s1. The van der Waals surface area contributed by atoms with Crippen LogP contribution in [-0.4, -0.2) is 38.9 Å². The molecule has 10 heteroatoms. The van der Waals surface area contributed by atoms with Gasteiger partial charge in [-0.1, -0.05) is 157 Å². The van der Waals surface area contributed by atoms with Gasteiger partial charge in [0.15, 0.2) is 0 Å². The molecular weight excluding hydrogens is 808 g/mol. The molecule has 0 spiro atoms. The number of rotatable bonds is 7. The summed E-state index contributed by atoms with van der Waals surface area (Å²) in [4.78, 5) is 0. The summed E-state index contributed by atoms with van der Waals surface area (Å²) in [6.07, 6.45) is 22.5. The molecule has 0 N–H and O–H groups in total. The quantitative estimate of drug-likeness (QED) is 0.260. The third-order valence-corrected chi connectivity index (χ3v) is 18.5. The Hall–Kier alpha value is -1.91. The van der Waals surface area contributed by atoms with Crippen molar-refractivity contribution in [2.24, 2.45) is 31.4 Å². The van der Waals surface area contributed by atoms with E-state index in [4.69, 9.17) is 0 Å². The van der Waals surface area contributed by atoms with Gasteiger partial charge >= 0.3 is 10.5 Å². The molecule has 0 amide bonds. The number of nitrogens with zero attached hydrogens (tertiary/aromatic N) is 3. The van der Waals surface area contributed by atoms with Crippen LogP contribution in [0.25, 0.3) is 0 Å². The predicted octanol–water partition coefficient (Wildman–Crippen LogP) is 15.0. The molecule has 7 atom stereocenters. The van der Waals surface area contributed by atoms with Crippen molar-refractivity contribution in [3.63, 3.8) is 0 Å². The molecular formula is C51H80F3N3O2S2. The van der Waals surface area contributed by atoms with Crippen LogP contribution in [0, 0.1) is 22.7 Å². The molecule has 5 aliphatic carbocycles. The fourth-order valence-corrected chi connectivity index (χ4v) is 14.8. The summed E-state index contributed by atoms with van der Waals surface area (Å²) in [5.74, 6) is 1.81. The number of hydrogen-bond donors (Lipinski definition) is 0. The van der Waals surface area contributed by atoms with Crippen molar-refractivity contribution in [3.05, 3.63) is 69.8 Å². The SMILES string of the molecule is C1CCCCC1.CC(C)c1ccc2c(c1)CC[C@H]1[C@](C)(CN=S(=O)(F)F)CCC[C@]21C.CC(C)c1ccc2c(c1)CC[C@H]1[C@](C)(CN=S(=O)(F)N3CCCCC3)CCC[C@]21C. The minimum absolute atomic E-state index is 0.000877. The van der Waals surface area contributed by atoms with Crippen molar-refractivity contribution in [3.8, 4) is 0 Å². The number of halogens is 3. The fourth-order valence-electron chi connectivity index (χ4n) is 13.1. The van der Waals surface area contributed by atoms with Crippen LogP contribution in [-0.2, 0) is 44.5 Å². The average molecular weight is 888 g/mol. The number of hydrogen-bond acceptors (Lipinski definition) is 4. The van der Waals surface area contributed by atoms with Gasteiger partial charge in [0.1, 0.15) is 0 Å². The Morgan fingerprint density at radius 3 is 1.38 bits per heavy atom. The largest absolute Gasteiger partial charge is 0.366 e. The van der Waals surface area contributed by atoms with Gasteiger partial charge in [-0.25, -0.2) is 0 Å². The average Bonchev–Trinajstić information content (AvgIpc) is 3.23. The van der Waals surface area contributed by atoms with Gasteiger partial charge in [0.25, 0.3) is 10.3 Å². The molecule has 5 nitrogen and oxygen atoms in total. The van der Waals surface area contributed by atoms with Gasteiger partial charge in [0.2, 0.25) is 0 Å². The number of piperidine rings is 1. The second-order valence-electron chi connectivity index (χ2n) is 21.7. The van der Waals surface area contributed by atoms with E-state index in [-0.39, 0.29) is 28.2 Å². The van der Waals surface area contributed by atoms with E-state index in [0.717, 1.165) is 77.0 Å². The molecule has 1 heterocycles. The molecule has 0 radical (unpaired) electrons. The van der Waals surface area contributed by atoms with Crippen molar-refractivity contribution in [1.29, 1.82) is 0 Å².